The van der Waals surface area contributed by atoms with Gasteiger partial charge in [0.25, 0.3) is 0 Å². The van der Waals surface area contributed by atoms with Crippen molar-refractivity contribution in [2.45, 2.75) is 50.9 Å². The third kappa shape index (κ3) is 3.18. The third-order valence-corrected chi connectivity index (χ3v) is 4.68. The molecule has 0 aliphatic heterocycles. The number of rotatable bonds is 3. The van der Waals surface area contributed by atoms with Crippen molar-refractivity contribution in [1.82, 2.24) is 15.6 Å². The summed E-state index contributed by atoms with van der Waals surface area (Å²) in [5, 5.41) is 5.46. The number of aromatic nitrogens is 1. The van der Waals surface area contributed by atoms with Crippen LogP contribution in [0.15, 0.2) is 18.3 Å². The van der Waals surface area contributed by atoms with Gasteiger partial charge >= 0.3 is 12.2 Å². The van der Waals surface area contributed by atoms with Gasteiger partial charge < -0.3 is 10.6 Å². The molecule has 0 aromatic carbocycles. The molecule has 2 N–H and O–H groups in total. The Morgan fingerprint density at radius 3 is 2.73 bits per heavy atom. The van der Waals surface area contributed by atoms with E-state index in [1.165, 1.54) is 25.3 Å². The number of urea groups is 1. The molecule has 1 spiro atoms. The smallest absolute Gasteiger partial charge is 0.335 e. The van der Waals surface area contributed by atoms with Crippen LogP contribution in [0.1, 0.15) is 46.2 Å². The number of nitrogens with zero attached hydrogens (tertiary/aromatic N) is 1. The molecule has 7 heteroatoms. The number of nitrogens with one attached hydrogen (secondary N) is 2. The Bertz CT molecular complexity index is 571. The van der Waals surface area contributed by atoms with Gasteiger partial charge in [-0.25, -0.2) is 4.79 Å². The summed E-state index contributed by atoms with van der Waals surface area (Å²) in [4.78, 5) is 15.0. The fourth-order valence-corrected chi connectivity index (χ4v) is 3.33. The molecule has 1 aromatic rings. The maximum atomic E-state index is 12.5. The largest absolute Gasteiger partial charge is 0.433 e. The van der Waals surface area contributed by atoms with Gasteiger partial charge in [-0.3, -0.25) is 4.98 Å². The van der Waals surface area contributed by atoms with Crippen LogP contribution in [0.3, 0.4) is 0 Å². The summed E-state index contributed by atoms with van der Waals surface area (Å²) in [5.41, 5.74) is -0.0929. The van der Waals surface area contributed by atoms with Crippen molar-refractivity contribution < 1.29 is 20.8 Å². The fraction of sp³-hybridized carbons (Fsp3) is 0.600. The highest BCUT2D eigenvalue weighted by atomic mass is 19.4. The maximum Gasteiger partial charge on any atom is 0.433 e. The van der Waals surface area contributed by atoms with E-state index < -0.39 is 11.9 Å². The second-order valence-electron chi connectivity index (χ2n) is 6.33. The summed E-state index contributed by atoms with van der Waals surface area (Å²) < 4.78 is 37.6. The second-order valence-corrected chi connectivity index (χ2v) is 6.33. The average Bonchev–Trinajstić information content (AvgIpc) is 2.37. The van der Waals surface area contributed by atoms with E-state index in [1.54, 1.807) is 0 Å². The van der Waals surface area contributed by atoms with Crippen molar-refractivity contribution in [2.75, 3.05) is 0 Å². The average molecular weight is 317 g/mol. The van der Waals surface area contributed by atoms with E-state index in [1.807, 2.05) is 0 Å². The molecule has 0 saturated heterocycles. The summed E-state index contributed by atoms with van der Waals surface area (Å²) in [7, 11) is 0. The van der Waals surface area contributed by atoms with Gasteiger partial charge in [0.2, 0.25) is 0 Å². The zero-order chi connectivity index (χ0) is 15.8. The minimum atomic E-state index is -4.47. The summed E-state index contributed by atoms with van der Waals surface area (Å²) in [6.45, 7) is 0.0509. The fourth-order valence-electron chi connectivity index (χ4n) is 3.33. The lowest BCUT2D eigenvalue weighted by Gasteiger charge is -2.54. The topological polar surface area (TPSA) is 54.0 Å². The minimum absolute atomic E-state index is 0. The van der Waals surface area contributed by atoms with E-state index in [-0.39, 0.29) is 21.5 Å². The molecule has 1 heterocycles. The van der Waals surface area contributed by atoms with Crippen LogP contribution in [0.4, 0.5) is 18.0 Å². The van der Waals surface area contributed by atoms with E-state index in [2.05, 4.69) is 15.6 Å². The molecular formula is C15H22F3N3O. The zero-order valence-corrected chi connectivity index (χ0v) is 12.0. The van der Waals surface area contributed by atoms with Crippen LogP contribution in [0.25, 0.3) is 0 Å². The molecule has 0 atom stereocenters. The van der Waals surface area contributed by atoms with Gasteiger partial charge in [0.1, 0.15) is 5.69 Å². The molecular weight excluding hydrogens is 295 g/mol. The van der Waals surface area contributed by atoms with E-state index in [0.717, 1.165) is 25.1 Å². The van der Waals surface area contributed by atoms with Crippen LogP contribution < -0.4 is 10.6 Å². The van der Waals surface area contributed by atoms with Crippen molar-refractivity contribution in [3.05, 3.63) is 29.6 Å². The lowest BCUT2D eigenvalue weighted by Crippen LogP contribution is -2.55. The van der Waals surface area contributed by atoms with Gasteiger partial charge in [0, 0.05) is 21.6 Å². The molecule has 0 unspecified atom stereocenters. The van der Waals surface area contributed by atoms with Gasteiger partial charge in [-0.2, -0.15) is 13.2 Å². The number of pyridine rings is 1. The van der Waals surface area contributed by atoms with Crippen LogP contribution in [0.2, 0.25) is 0 Å². The molecule has 22 heavy (non-hydrogen) atoms. The van der Waals surface area contributed by atoms with Crippen molar-refractivity contribution in [3.8, 4) is 0 Å². The molecule has 2 aliphatic carbocycles. The lowest BCUT2D eigenvalue weighted by atomic mass is 9.54. The Labute approximate surface area is 129 Å². The van der Waals surface area contributed by atoms with Gasteiger partial charge in [0.05, 0.1) is 0 Å². The number of carbonyl (C=O) groups excluding carboxylic acids is 1. The number of hydrogen-bond donors (Lipinski definition) is 2. The second kappa shape index (κ2) is 5.44. The number of amides is 2. The van der Waals surface area contributed by atoms with Crippen molar-refractivity contribution in [3.63, 3.8) is 0 Å². The van der Waals surface area contributed by atoms with E-state index >= 15 is 0 Å². The van der Waals surface area contributed by atoms with Crippen LogP contribution in [0, 0.1) is 5.41 Å². The standard InChI is InChI=1S/C15H18F3N3O.2H2/c16-15(17,18)12-6-10(2-5-19-12)9-20-13(22)21-11-7-14(8-11)3-1-4-14;;/h2,5-6,11H,1,3-4,7-9H2,(H2,20,21,22);2*1H. The maximum absolute atomic E-state index is 12.5. The van der Waals surface area contributed by atoms with E-state index in [0.29, 0.717) is 11.0 Å². The van der Waals surface area contributed by atoms with Crippen LogP contribution in [0.5, 0.6) is 0 Å². The van der Waals surface area contributed by atoms with Crippen LogP contribution in [-0.4, -0.2) is 17.1 Å². The lowest BCUT2D eigenvalue weighted by molar-refractivity contribution is -0.141. The van der Waals surface area contributed by atoms with E-state index in [4.69, 9.17) is 0 Å². The van der Waals surface area contributed by atoms with Crippen LogP contribution in [-0.2, 0) is 12.7 Å². The first-order valence-electron chi connectivity index (χ1n) is 7.43. The van der Waals surface area contributed by atoms with Gasteiger partial charge in [-0.05, 0) is 48.8 Å². The predicted molar refractivity (Wildman–Crippen MR) is 78.1 cm³/mol. The van der Waals surface area contributed by atoms with Gasteiger partial charge in [-0.15, -0.1) is 0 Å². The molecule has 2 saturated carbocycles. The quantitative estimate of drug-likeness (QED) is 0.892. The molecule has 0 radical (unpaired) electrons. The summed E-state index contributed by atoms with van der Waals surface area (Å²) >= 11 is 0. The predicted octanol–water partition coefficient (Wildman–Crippen LogP) is 3.72. The monoisotopic (exact) mass is 317 g/mol. The highest BCUT2D eigenvalue weighted by Crippen LogP contribution is 2.55. The first kappa shape index (κ1) is 15.1. The Kier molecular flexibility index (Phi) is 3.74. The molecule has 4 nitrogen and oxygen atoms in total. The van der Waals surface area contributed by atoms with Crippen molar-refractivity contribution >= 4 is 6.03 Å². The van der Waals surface area contributed by atoms with Crippen molar-refractivity contribution in [2.24, 2.45) is 5.41 Å². The Morgan fingerprint density at radius 1 is 1.41 bits per heavy atom. The first-order chi connectivity index (χ1) is 10.4. The first-order valence-corrected chi connectivity index (χ1v) is 7.43. The SMILES string of the molecule is O=C(NCc1ccnc(C(F)(F)F)c1)NC1CC2(CCC2)C1.[HH].[HH]. The molecule has 2 amide bonds. The number of halogens is 3. The third-order valence-electron chi connectivity index (χ3n) is 4.68. The molecule has 124 valence electrons. The molecule has 3 rings (SSSR count). The van der Waals surface area contributed by atoms with Gasteiger partial charge in [0.15, 0.2) is 0 Å². The summed E-state index contributed by atoms with van der Waals surface area (Å²) in [6.07, 6.45) is 2.46. The number of carbonyl (C=O) groups is 1. The minimum Gasteiger partial charge on any atom is -0.335 e. The summed E-state index contributed by atoms with van der Waals surface area (Å²) in [5.74, 6) is 0. The van der Waals surface area contributed by atoms with Crippen molar-refractivity contribution in [1.29, 1.82) is 0 Å². The highest BCUT2D eigenvalue weighted by molar-refractivity contribution is 5.74. The molecule has 0 bridgehead atoms. The molecule has 1 aromatic heterocycles. The van der Waals surface area contributed by atoms with Crippen LogP contribution >= 0.6 is 0 Å². The Morgan fingerprint density at radius 2 is 2.14 bits per heavy atom. The number of alkyl halides is 3. The molecule has 2 fully saturated rings. The Hall–Kier alpha value is -1.79. The highest BCUT2D eigenvalue weighted by Gasteiger charge is 2.48. The Balaban J connectivity index is 0.00000144. The van der Waals surface area contributed by atoms with Gasteiger partial charge in [-0.1, -0.05) is 6.42 Å². The van der Waals surface area contributed by atoms with E-state index in [9.17, 15) is 18.0 Å². The summed E-state index contributed by atoms with van der Waals surface area (Å²) in [6, 6.07) is 2.28. The zero-order valence-electron chi connectivity index (χ0n) is 12.0. The number of hydrogen-bond acceptors (Lipinski definition) is 2. The molecule has 2 aliphatic rings. The normalized spacial score (nSPS) is 20.1.